The van der Waals surface area contributed by atoms with Crippen LogP contribution in [0.25, 0.3) is 5.69 Å². The minimum Gasteiger partial charge on any atom is -0.378 e. The molecule has 4 unspecified atom stereocenters. The van der Waals surface area contributed by atoms with Gasteiger partial charge in [0.1, 0.15) is 24.3 Å². The molecule has 3 fully saturated rings. The van der Waals surface area contributed by atoms with Crippen LogP contribution < -0.4 is 4.90 Å². The summed E-state index contributed by atoms with van der Waals surface area (Å²) in [7, 11) is 3.61. The normalized spacial score (nSPS) is 18.6. The molecule has 4 atom stereocenters. The molecular formula is C58H52Cl4F8N8O3. The Morgan fingerprint density at radius 1 is 0.568 bits per heavy atom. The molecule has 4 heterocycles. The minimum atomic E-state index is -4.77. The number of ether oxygens (including phenoxy) is 1. The van der Waals surface area contributed by atoms with Crippen molar-refractivity contribution >= 4 is 63.9 Å². The van der Waals surface area contributed by atoms with Gasteiger partial charge in [-0.15, -0.1) is 0 Å². The van der Waals surface area contributed by atoms with Crippen LogP contribution in [-0.4, -0.2) is 125 Å². The van der Waals surface area contributed by atoms with E-state index in [1.807, 2.05) is 53.2 Å². The number of aromatic nitrogens is 3. The molecular weight excluding hydrogens is 1150 g/mol. The molecule has 426 valence electrons. The fraction of sp³-hybridized carbons (Fsp3) is 0.310. The standard InChI is InChI=1S/C30H29Cl2F4N3O2.C28H23Cl2F4N5O/c1-37(16-19-2-8-24(27(33)14-19)30(34,35)36)28-18-39(17-23(28)21-5-9-25(31)26(32)15-21)29(40)20-3-6-22(7-4-20)38-10-12-41-13-11-38;1-37(12-17-2-8-22(25(31)10-17)28(32,33)34)26-14-38(13-21(26)19-5-9-23(29)24(30)11-19)27(40)18-3-6-20(7-4-18)39-16-35-15-36-39/h2-9,14-15,23,28H,10-13,16-18H2,1H3;2-11,15-16,21,26H,12-14H2,1H3. The quantitative estimate of drug-likeness (QED) is 0.112. The Kier molecular flexibility index (Phi) is 18.3. The summed E-state index contributed by atoms with van der Waals surface area (Å²) >= 11 is 24.9. The lowest BCUT2D eigenvalue weighted by molar-refractivity contribution is -0.140. The van der Waals surface area contributed by atoms with E-state index in [1.165, 1.54) is 18.5 Å². The Morgan fingerprint density at radius 2 is 1.00 bits per heavy atom. The van der Waals surface area contributed by atoms with Gasteiger partial charge in [0.2, 0.25) is 0 Å². The van der Waals surface area contributed by atoms with Gasteiger partial charge in [-0.1, -0.05) is 70.7 Å². The molecule has 6 aromatic carbocycles. The van der Waals surface area contributed by atoms with Crippen molar-refractivity contribution in [3.63, 3.8) is 0 Å². The summed E-state index contributed by atoms with van der Waals surface area (Å²) in [6, 6.07) is 30.6. The molecule has 10 rings (SSSR count). The van der Waals surface area contributed by atoms with Gasteiger partial charge in [-0.25, -0.2) is 18.4 Å². The number of amides is 2. The van der Waals surface area contributed by atoms with Crippen LogP contribution in [0, 0.1) is 11.6 Å². The highest BCUT2D eigenvalue weighted by Crippen LogP contribution is 2.39. The maximum Gasteiger partial charge on any atom is 0.419 e. The van der Waals surface area contributed by atoms with Crippen molar-refractivity contribution in [3.8, 4) is 5.69 Å². The average Bonchev–Trinajstić information content (AvgIpc) is 4.45. The number of benzene rings is 6. The van der Waals surface area contributed by atoms with Crippen LogP contribution in [0.5, 0.6) is 0 Å². The van der Waals surface area contributed by atoms with E-state index in [4.69, 9.17) is 51.1 Å². The second-order valence-electron chi connectivity index (χ2n) is 20.1. The van der Waals surface area contributed by atoms with Crippen LogP contribution in [-0.2, 0) is 30.2 Å². The van der Waals surface area contributed by atoms with Gasteiger partial charge in [0.15, 0.2) is 0 Å². The highest BCUT2D eigenvalue weighted by atomic mass is 35.5. The van der Waals surface area contributed by atoms with E-state index in [0.717, 1.165) is 59.9 Å². The second-order valence-corrected chi connectivity index (χ2v) is 21.7. The first-order valence-electron chi connectivity index (χ1n) is 25.5. The summed E-state index contributed by atoms with van der Waals surface area (Å²) in [4.78, 5) is 40.6. The van der Waals surface area contributed by atoms with Crippen molar-refractivity contribution in [1.29, 1.82) is 0 Å². The number of carbonyl (C=O) groups is 2. The number of morpholine rings is 1. The van der Waals surface area contributed by atoms with E-state index in [2.05, 4.69) is 15.0 Å². The third kappa shape index (κ3) is 14.0. The number of hydrogen-bond acceptors (Lipinski definition) is 8. The summed E-state index contributed by atoms with van der Waals surface area (Å²) in [5.74, 6) is -3.28. The lowest BCUT2D eigenvalue weighted by atomic mass is 9.93. The van der Waals surface area contributed by atoms with Crippen LogP contribution in [0.2, 0.25) is 20.1 Å². The fourth-order valence-electron chi connectivity index (χ4n) is 10.6. The Hall–Kier alpha value is -6.32. The molecule has 0 aliphatic carbocycles. The number of carbonyl (C=O) groups excluding carboxylic acids is 2. The summed E-state index contributed by atoms with van der Waals surface area (Å²) in [6.07, 6.45) is -6.56. The number of likely N-dealkylation sites (N-methyl/N-ethyl adjacent to an activating group) is 2. The van der Waals surface area contributed by atoms with E-state index in [0.29, 0.717) is 81.7 Å². The van der Waals surface area contributed by atoms with Gasteiger partial charge in [0.05, 0.1) is 50.1 Å². The van der Waals surface area contributed by atoms with E-state index in [1.54, 1.807) is 76.4 Å². The Balaban J connectivity index is 0.000000196. The number of nitrogens with zero attached hydrogens (tertiary/aromatic N) is 8. The molecule has 0 saturated carbocycles. The second kappa shape index (κ2) is 25.0. The van der Waals surface area contributed by atoms with Crippen LogP contribution >= 0.6 is 46.4 Å². The first-order chi connectivity index (χ1) is 38.5. The number of anilines is 1. The van der Waals surface area contributed by atoms with Gasteiger partial charge in [-0.05, 0) is 133 Å². The largest absolute Gasteiger partial charge is 0.419 e. The topological polar surface area (TPSA) is 90.3 Å². The predicted octanol–water partition coefficient (Wildman–Crippen LogP) is 13.2. The molecule has 0 bridgehead atoms. The molecule has 3 aliphatic heterocycles. The van der Waals surface area contributed by atoms with Crippen LogP contribution in [0.4, 0.5) is 40.8 Å². The molecule has 23 heteroatoms. The monoisotopic (exact) mass is 1200 g/mol. The van der Waals surface area contributed by atoms with Crippen molar-refractivity contribution in [1.82, 2.24) is 34.4 Å². The zero-order valence-electron chi connectivity index (χ0n) is 43.4. The molecule has 1 aromatic heterocycles. The first kappa shape index (κ1) is 59.3. The Bertz CT molecular complexity index is 3350. The van der Waals surface area contributed by atoms with E-state index >= 15 is 0 Å². The number of rotatable bonds is 12. The summed E-state index contributed by atoms with van der Waals surface area (Å²) in [5, 5.41) is 5.65. The molecule has 3 saturated heterocycles. The molecule has 3 aliphatic rings. The smallest absolute Gasteiger partial charge is 0.378 e. The molecule has 0 N–H and O–H groups in total. The minimum absolute atomic E-state index is 0.125. The third-order valence-electron chi connectivity index (χ3n) is 14.9. The zero-order chi connectivity index (χ0) is 57.9. The Morgan fingerprint density at radius 3 is 1.38 bits per heavy atom. The summed E-state index contributed by atoms with van der Waals surface area (Å²) < 4.78 is 114. The number of likely N-dealkylation sites (tertiary alicyclic amines) is 2. The van der Waals surface area contributed by atoms with Crippen LogP contribution in [0.1, 0.15) is 65.9 Å². The Labute approximate surface area is 482 Å². The SMILES string of the molecule is CN(Cc1ccc(C(F)(F)F)c(F)c1)C1CN(C(=O)c2ccc(-n3cncn3)cc2)CC1c1ccc(Cl)c(Cl)c1.CN(Cc1ccc(C(F)(F)F)c(F)c1)C1CN(C(=O)c2ccc(N3CCOCC3)cc2)CC1c1ccc(Cl)c(Cl)c1. The highest BCUT2D eigenvalue weighted by molar-refractivity contribution is 6.42. The average molecular weight is 1200 g/mol. The predicted molar refractivity (Wildman–Crippen MR) is 294 cm³/mol. The summed E-state index contributed by atoms with van der Waals surface area (Å²) in [6.45, 7) is 4.76. The van der Waals surface area contributed by atoms with Crippen molar-refractivity contribution in [3.05, 3.63) is 210 Å². The van der Waals surface area contributed by atoms with Gasteiger partial charge in [-0.3, -0.25) is 19.4 Å². The van der Waals surface area contributed by atoms with Crippen LogP contribution in [0.15, 0.2) is 134 Å². The molecule has 11 nitrogen and oxygen atoms in total. The number of hydrogen-bond donors (Lipinski definition) is 0. The van der Waals surface area contributed by atoms with E-state index in [-0.39, 0.29) is 48.8 Å². The van der Waals surface area contributed by atoms with Gasteiger partial charge in [0.25, 0.3) is 11.8 Å². The van der Waals surface area contributed by atoms with Crippen molar-refractivity contribution < 1.29 is 49.4 Å². The first-order valence-corrected chi connectivity index (χ1v) is 27.0. The van der Waals surface area contributed by atoms with Gasteiger partial charge < -0.3 is 19.4 Å². The maximum absolute atomic E-state index is 14.3. The fourth-order valence-corrected chi connectivity index (χ4v) is 11.2. The third-order valence-corrected chi connectivity index (χ3v) is 16.3. The molecule has 0 spiro atoms. The van der Waals surface area contributed by atoms with E-state index < -0.39 is 35.1 Å². The molecule has 7 aromatic rings. The van der Waals surface area contributed by atoms with Crippen LogP contribution in [0.3, 0.4) is 0 Å². The van der Waals surface area contributed by atoms with E-state index in [9.17, 15) is 44.7 Å². The lowest BCUT2D eigenvalue weighted by Crippen LogP contribution is -2.38. The molecule has 0 radical (unpaired) electrons. The summed E-state index contributed by atoms with van der Waals surface area (Å²) in [5.41, 5.74) is 2.76. The lowest BCUT2D eigenvalue weighted by Gasteiger charge is -2.29. The number of halogens is 12. The van der Waals surface area contributed by atoms with Gasteiger partial charge in [-0.2, -0.15) is 31.4 Å². The molecule has 81 heavy (non-hydrogen) atoms. The number of alkyl halides is 6. The highest BCUT2D eigenvalue weighted by Gasteiger charge is 2.42. The van der Waals surface area contributed by atoms with Gasteiger partial charge >= 0.3 is 12.4 Å². The van der Waals surface area contributed by atoms with Crippen molar-refractivity contribution in [2.24, 2.45) is 0 Å². The van der Waals surface area contributed by atoms with Crippen molar-refractivity contribution in [2.75, 3.05) is 71.5 Å². The van der Waals surface area contributed by atoms with Gasteiger partial charge in [0, 0.05) is 93.1 Å². The zero-order valence-corrected chi connectivity index (χ0v) is 46.4. The maximum atomic E-state index is 14.3. The molecule has 2 amide bonds. The van der Waals surface area contributed by atoms with Crippen molar-refractivity contribution in [2.45, 2.75) is 49.4 Å².